The molecule has 8 heteroatoms. The normalized spacial score (nSPS) is 16.5. The summed E-state index contributed by atoms with van der Waals surface area (Å²) in [5, 5.41) is 5.13. The number of nitrogens with zero attached hydrogens (tertiary/aromatic N) is 4. The first-order valence-electron chi connectivity index (χ1n) is 8.86. The third-order valence-corrected chi connectivity index (χ3v) is 6.23. The Bertz CT molecular complexity index is 1160. The van der Waals surface area contributed by atoms with E-state index in [1.807, 2.05) is 24.3 Å². The van der Waals surface area contributed by atoms with E-state index >= 15 is 0 Å². The van der Waals surface area contributed by atoms with Crippen LogP contribution in [0.25, 0.3) is 5.78 Å². The number of fused-ring (bicyclic) bond motifs is 2. The Morgan fingerprint density at radius 1 is 1.18 bits per heavy atom. The first kappa shape index (κ1) is 17.6. The lowest BCUT2D eigenvalue weighted by Gasteiger charge is -2.20. The Labute approximate surface area is 173 Å². The number of carbonyl (C=O) groups excluding carboxylic acids is 1. The lowest BCUT2D eigenvalue weighted by atomic mass is 9.85. The predicted octanol–water partition coefficient (Wildman–Crippen LogP) is 4.68. The molecule has 5 rings (SSSR count). The summed E-state index contributed by atoms with van der Waals surface area (Å²) in [7, 11) is 0. The lowest BCUT2D eigenvalue weighted by molar-refractivity contribution is 0.0958. The molecule has 0 radical (unpaired) electrons. The van der Waals surface area contributed by atoms with Crippen molar-refractivity contribution in [1.82, 2.24) is 19.6 Å². The van der Waals surface area contributed by atoms with Gasteiger partial charge in [-0.05, 0) is 29.8 Å². The van der Waals surface area contributed by atoms with Crippen molar-refractivity contribution in [1.29, 1.82) is 0 Å². The highest BCUT2D eigenvalue weighted by atomic mass is 79.9. The van der Waals surface area contributed by atoms with Gasteiger partial charge in [-0.1, -0.05) is 39.8 Å². The van der Waals surface area contributed by atoms with Gasteiger partial charge < -0.3 is 4.42 Å². The summed E-state index contributed by atoms with van der Waals surface area (Å²) < 4.78 is 8.15. The van der Waals surface area contributed by atoms with Gasteiger partial charge in [0.05, 0.1) is 17.5 Å². The second-order valence-corrected chi connectivity index (χ2v) is 8.56. The van der Waals surface area contributed by atoms with Crippen LogP contribution >= 0.6 is 27.7 Å². The van der Waals surface area contributed by atoms with Gasteiger partial charge in [-0.3, -0.25) is 4.79 Å². The van der Waals surface area contributed by atoms with Crippen LogP contribution in [0.15, 0.2) is 62.9 Å². The van der Waals surface area contributed by atoms with Gasteiger partial charge in [-0.2, -0.15) is 4.98 Å². The maximum atomic E-state index is 12.6. The van der Waals surface area contributed by atoms with Crippen LogP contribution in [-0.4, -0.2) is 25.4 Å². The third kappa shape index (κ3) is 3.38. The van der Waals surface area contributed by atoms with E-state index in [0.717, 1.165) is 21.7 Å². The summed E-state index contributed by atoms with van der Waals surface area (Å²) in [4.78, 5) is 21.8. The van der Waals surface area contributed by atoms with Crippen LogP contribution in [0, 0.1) is 0 Å². The zero-order valence-corrected chi connectivity index (χ0v) is 17.1. The molecule has 28 heavy (non-hydrogen) atoms. The molecule has 1 unspecified atom stereocenters. The molecule has 1 atom stereocenters. The largest absolute Gasteiger partial charge is 0.469 e. The SMILES string of the molecule is O=C1CC(c2ccco2)Cc2nc3nc(SCc4ccc(Br)cc4)nn3cc21. The highest BCUT2D eigenvalue weighted by Crippen LogP contribution is 2.32. The average molecular weight is 455 g/mol. The number of furan rings is 1. The first-order valence-corrected chi connectivity index (χ1v) is 10.6. The summed E-state index contributed by atoms with van der Waals surface area (Å²) >= 11 is 4.99. The van der Waals surface area contributed by atoms with Crippen molar-refractivity contribution in [3.63, 3.8) is 0 Å². The lowest BCUT2D eigenvalue weighted by Crippen LogP contribution is -2.21. The topological polar surface area (TPSA) is 73.3 Å². The molecule has 4 aromatic rings. The molecule has 0 fully saturated rings. The average Bonchev–Trinajstić information content (AvgIpc) is 3.35. The number of aromatic nitrogens is 4. The Hall–Kier alpha value is -2.45. The maximum absolute atomic E-state index is 12.6. The summed E-state index contributed by atoms with van der Waals surface area (Å²) in [5.41, 5.74) is 2.59. The minimum Gasteiger partial charge on any atom is -0.469 e. The van der Waals surface area contributed by atoms with Gasteiger partial charge in [0, 0.05) is 35.2 Å². The van der Waals surface area contributed by atoms with Crippen LogP contribution in [-0.2, 0) is 12.2 Å². The number of carbonyl (C=O) groups is 1. The van der Waals surface area contributed by atoms with Crippen LogP contribution in [0.2, 0.25) is 0 Å². The zero-order chi connectivity index (χ0) is 19.1. The van der Waals surface area contributed by atoms with Gasteiger partial charge >= 0.3 is 0 Å². The molecule has 6 nitrogen and oxygen atoms in total. The van der Waals surface area contributed by atoms with Crippen LogP contribution < -0.4 is 0 Å². The molecule has 0 saturated heterocycles. The van der Waals surface area contributed by atoms with Crippen LogP contribution in [0.3, 0.4) is 0 Å². The highest BCUT2D eigenvalue weighted by molar-refractivity contribution is 9.10. The van der Waals surface area contributed by atoms with Crippen molar-refractivity contribution in [2.75, 3.05) is 0 Å². The fourth-order valence-electron chi connectivity index (χ4n) is 3.38. The van der Waals surface area contributed by atoms with Crippen molar-refractivity contribution in [3.8, 4) is 0 Å². The molecule has 3 heterocycles. The second-order valence-electron chi connectivity index (χ2n) is 6.70. The summed E-state index contributed by atoms with van der Waals surface area (Å²) in [6, 6.07) is 11.9. The number of hydrogen-bond acceptors (Lipinski definition) is 6. The van der Waals surface area contributed by atoms with Crippen LogP contribution in [0.1, 0.15) is 39.7 Å². The number of thioether (sulfide) groups is 1. The molecule has 0 aliphatic heterocycles. The van der Waals surface area contributed by atoms with Crippen LogP contribution in [0.4, 0.5) is 0 Å². The molecule has 1 aliphatic carbocycles. The van der Waals surface area contributed by atoms with Crippen molar-refractivity contribution in [3.05, 3.63) is 75.9 Å². The first-order chi connectivity index (χ1) is 13.7. The summed E-state index contributed by atoms with van der Waals surface area (Å²) in [6.45, 7) is 0. The smallest absolute Gasteiger partial charge is 0.253 e. The number of benzene rings is 1. The molecule has 0 spiro atoms. The number of hydrogen-bond donors (Lipinski definition) is 0. The number of rotatable bonds is 4. The standard InChI is InChI=1S/C20H15BrN4O2S/c21-14-5-3-12(4-6-14)11-28-20-23-19-22-16-8-13(18-2-1-7-27-18)9-17(26)15(16)10-25(19)24-20/h1-7,10,13H,8-9,11H2. The quantitative estimate of drug-likeness (QED) is 0.416. The van der Waals surface area contributed by atoms with E-state index in [4.69, 9.17) is 4.42 Å². The van der Waals surface area contributed by atoms with E-state index in [9.17, 15) is 4.79 Å². The number of halogens is 1. The molecule has 3 aromatic heterocycles. The Morgan fingerprint density at radius 3 is 2.82 bits per heavy atom. The van der Waals surface area contributed by atoms with E-state index in [1.165, 1.54) is 5.56 Å². The molecule has 0 amide bonds. The van der Waals surface area contributed by atoms with E-state index in [0.29, 0.717) is 29.3 Å². The molecule has 0 bridgehead atoms. The van der Waals surface area contributed by atoms with E-state index < -0.39 is 0 Å². The zero-order valence-electron chi connectivity index (χ0n) is 14.7. The van der Waals surface area contributed by atoms with Gasteiger partial charge in [0.15, 0.2) is 5.78 Å². The number of Topliss-reactive ketones (excluding diaryl/α,β-unsaturated/α-hetero) is 1. The van der Waals surface area contributed by atoms with Gasteiger partial charge in [-0.15, -0.1) is 5.10 Å². The molecule has 0 saturated carbocycles. The molecule has 0 N–H and O–H groups in total. The minimum absolute atomic E-state index is 0.0270. The molecule has 1 aliphatic rings. The fourth-order valence-corrected chi connectivity index (χ4v) is 4.42. The van der Waals surface area contributed by atoms with Crippen molar-refractivity contribution < 1.29 is 9.21 Å². The van der Waals surface area contributed by atoms with Gasteiger partial charge in [0.25, 0.3) is 5.78 Å². The Balaban J connectivity index is 1.40. The van der Waals surface area contributed by atoms with Crippen molar-refractivity contribution in [2.24, 2.45) is 0 Å². The highest BCUT2D eigenvalue weighted by Gasteiger charge is 2.30. The summed E-state index contributed by atoms with van der Waals surface area (Å²) in [5.74, 6) is 2.21. The monoisotopic (exact) mass is 454 g/mol. The van der Waals surface area contributed by atoms with Gasteiger partial charge in [0.1, 0.15) is 5.76 Å². The van der Waals surface area contributed by atoms with Gasteiger partial charge in [0.2, 0.25) is 5.16 Å². The van der Waals surface area contributed by atoms with E-state index in [1.54, 1.807) is 28.7 Å². The second kappa shape index (κ2) is 7.18. The molecular formula is C20H15BrN4O2S. The minimum atomic E-state index is 0.0270. The van der Waals surface area contributed by atoms with Gasteiger partial charge in [-0.25, -0.2) is 9.50 Å². The Morgan fingerprint density at radius 2 is 2.04 bits per heavy atom. The molecular weight excluding hydrogens is 440 g/mol. The predicted molar refractivity (Wildman–Crippen MR) is 109 cm³/mol. The summed E-state index contributed by atoms with van der Waals surface area (Å²) in [6.07, 6.45) is 4.49. The molecule has 1 aromatic carbocycles. The van der Waals surface area contributed by atoms with E-state index in [-0.39, 0.29) is 11.7 Å². The maximum Gasteiger partial charge on any atom is 0.253 e. The van der Waals surface area contributed by atoms with Crippen LogP contribution in [0.5, 0.6) is 0 Å². The fraction of sp³-hybridized carbons (Fsp3) is 0.200. The Kier molecular flexibility index (Phi) is 4.52. The third-order valence-electron chi connectivity index (χ3n) is 4.79. The number of ketones is 1. The molecule has 140 valence electrons. The van der Waals surface area contributed by atoms with Crippen molar-refractivity contribution >= 4 is 39.3 Å². The van der Waals surface area contributed by atoms with Crippen molar-refractivity contribution in [2.45, 2.75) is 29.7 Å². The van der Waals surface area contributed by atoms with E-state index in [2.05, 4.69) is 43.1 Å².